The maximum atomic E-state index is 12.8. The van der Waals surface area contributed by atoms with Crippen LogP contribution < -0.4 is 11.0 Å². The molecule has 0 aliphatic heterocycles. The molecule has 156 valence electrons. The predicted octanol–water partition coefficient (Wildman–Crippen LogP) is 3.77. The van der Waals surface area contributed by atoms with Crippen molar-refractivity contribution in [3.8, 4) is 0 Å². The van der Waals surface area contributed by atoms with Gasteiger partial charge in [-0.15, -0.1) is 0 Å². The van der Waals surface area contributed by atoms with Crippen molar-refractivity contribution in [1.82, 2.24) is 14.6 Å². The predicted molar refractivity (Wildman–Crippen MR) is 124 cm³/mol. The molecule has 1 N–H and O–H groups in total. The summed E-state index contributed by atoms with van der Waals surface area (Å²) in [4.78, 5) is 25.4. The first kappa shape index (κ1) is 20.3. The van der Waals surface area contributed by atoms with Crippen LogP contribution in [0.5, 0.6) is 0 Å². The summed E-state index contributed by atoms with van der Waals surface area (Å²) >= 11 is 0. The van der Waals surface area contributed by atoms with E-state index >= 15 is 0 Å². The van der Waals surface area contributed by atoms with Gasteiger partial charge in [0.1, 0.15) is 5.56 Å². The maximum absolute atomic E-state index is 12.8. The molecule has 0 spiro atoms. The van der Waals surface area contributed by atoms with Crippen LogP contribution in [0.1, 0.15) is 32.7 Å². The Labute approximate surface area is 180 Å². The van der Waals surface area contributed by atoms with Gasteiger partial charge in [-0.25, -0.2) is 5.43 Å². The van der Waals surface area contributed by atoms with Gasteiger partial charge in [0, 0.05) is 35.4 Å². The fourth-order valence-electron chi connectivity index (χ4n) is 3.65. The van der Waals surface area contributed by atoms with Crippen LogP contribution >= 0.6 is 0 Å². The van der Waals surface area contributed by atoms with Crippen LogP contribution in [-0.2, 0) is 13.6 Å². The topological polar surface area (TPSA) is 68.4 Å². The molecule has 2 aromatic carbocycles. The number of hydrogen-bond donors (Lipinski definition) is 1. The zero-order valence-electron chi connectivity index (χ0n) is 17.8. The lowest BCUT2D eigenvalue weighted by atomic mass is 10.1. The van der Waals surface area contributed by atoms with Crippen LogP contribution in [-0.4, -0.2) is 21.3 Å². The van der Waals surface area contributed by atoms with Crippen molar-refractivity contribution in [3.05, 3.63) is 105 Å². The standard InChI is InChI=1S/C25H24N4O2/c1-17-10-12-19(13-11-17)16-29-14-6-8-21(25(29)31)24(30)27-26-15-22-18(2)28(3)23-9-5-4-7-20(22)23/h4-15H,16H2,1-3H3,(H,27,30)/b26-15-. The van der Waals surface area contributed by atoms with Gasteiger partial charge in [-0.05, 0) is 37.6 Å². The van der Waals surface area contributed by atoms with E-state index in [0.29, 0.717) is 6.54 Å². The van der Waals surface area contributed by atoms with Crippen molar-refractivity contribution in [1.29, 1.82) is 0 Å². The molecule has 4 aromatic rings. The van der Waals surface area contributed by atoms with Gasteiger partial charge in [0.05, 0.1) is 12.8 Å². The van der Waals surface area contributed by atoms with Gasteiger partial charge in [-0.3, -0.25) is 9.59 Å². The third-order valence-electron chi connectivity index (χ3n) is 5.55. The Bertz CT molecular complexity index is 1340. The number of benzene rings is 2. The Kier molecular flexibility index (Phi) is 5.54. The molecule has 1 amide bonds. The molecular formula is C25H24N4O2. The van der Waals surface area contributed by atoms with Crippen LogP contribution in [0, 0.1) is 13.8 Å². The van der Waals surface area contributed by atoms with E-state index in [1.54, 1.807) is 18.5 Å². The molecule has 6 heteroatoms. The number of nitrogens with one attached hydrogen (secondary N) is 1. The summed E-state index contributed by atoms with van der Waals surface area (Å²) in [6.45, 7) is 4.42. The second-order valence-corrected chi connectivity index (χ2v) is 7.61. The molecule has 0 saturated heterocycles. The minimum atomic E-state index is -0.530. The second-order valence-electron chi connectivity index (χ2n) is 7.61. The fourth-order valence-corrected chi connectivity index (χ4v) is 3.65. The summed E-state index contributed by atoms with van der Waals surface area (Å²) in [5.41, 5.74) is 7.42. The van der Waals surface area contributed by atoms with Gasteiger partial charge >= 0.3 is 0 Å². The summed E-state index contributed by atoms with van der Waals surface area (Å²) < 4.78 is 3.61. The Morgan fingerprint density at radius 1 is 1.03 bits per heavy atom. The number of para-hydroxylation sites is 1. The summed E-state index contributed by atoms with van der Waals surface area (Å²) in [6.07, 6.45) is 3.31. The molecular weight excluding hydrogens is 388 g/mol. The summed E-state index contributed by atoms with van der Waals surface area (Å²) in [6, 6.07) is 19.2. The number of aromatic nitrogens is 2. The van der Waals surface area contributed by atoms with E-state index in [9.17, 15) is 9.59 Å². The Morgan fingerprint density at radius 3 is 2.55 bits per heavy atom. The molecule has 0 saturated carbocycles. The van der Waals surface area contributed by atoms with E-state index in [1.807, 2.05) is 69.4 Å². The first-order valence-corrected chi connectivity index (χ1v) is 10.1. The SMILES string of the molecule is Cc1ccc(Cn2cccc(C(=O)N/N=C\c3c(C)n(C)c4ccccc34)c2=O)cc1. The van der Waals surface area contributed by atoms with Gasteiger partial charge in [-0.1, -0.05) is 48.0 Å². The number of amides is 1. The van der Waals surface area contributed by atoms with E-state index in [0.717, 1.165) is 33.3 Å². The van der Waals surface area contributed by atoms with Crippen LogP contribution in [0.15, 0.2) is 76.8 Å². The molecule has 0 bridgehead atoms. The van der Waals surface area contributed by atoms with Crippen molar-refractivity contribution in [2.75, 3.05) is 0 Å². The Balaban J connectivity index is 1.54. The maximum Gasteiger partial charge on any atom is 0.276 e. The molecule has 2 heterocycles. The number of hydrogen-bond acceptors (Lipinski definition) is 3. The fraction of sp³-hybridized carbons (Fsp3) is 0.160. The molecule has 0 unspecified atom stereocenters. The largest absolute Gasteiger partial charge is 0.347 e. The third kappa shape index (κ3) is 4.05. The van der Waals surface area contributed by atoms with Crippen LogP contribution in [0.2, 0.25) is 0 Å². The smallest absolute Gasteiger partial charge is 0.276 e. The Hall–Kier alpha value is -3.93. The van der Waals surface area contributed by atoms with Crippen LogP contribution in [0.4, 0.5) is 0 Å². The monoisotopic (exact) mass is 412 g/mol. The number of nitrogens with zero attached hydrogens (tertiary/aromatic N) is 3. The normalized spacial score (nSPS) is 11.3. The lowest BCUT2D eigenvalue weighted by Crippen LogP contribution is -2.30. The van der Waals surface area contributed by atoms with E-state index in [4.69, 9.17) is 0 Å². The molecule has 6 nitrogen and oxygen atoms in total. The van der Waals surface area contributed by atoms with Gasteiger partial charge in [0.25, 0.3) is 11.5 Å². The first-order valence-electron chi connectivity index (χ1n) is 10.1. The molecule has 2 aromatic heterocycles. The number of pyridine rings is 1. The highest BCUT2D eigenvalue weighted by Gasteiger charge is 2.13. The van der Waals surface area contributed by atoms with Crippen molar-refractivity contribution >= 4 is 23.0 Å². The van der Waals surface area contributed by atoms with E-state index in [-0.39, 0.29) is 11.1 Å². The number of fused-ring (bicyclic) bond motifs is 1. The van der Waals surface area contributed by atoms with Crippen LogP contribution in [0.3, 0.4) is 0 Å². The molecule has 31 heavy (non-hydrogen) atoms. The highest BCUT2D eigenvalue weighted by Crippen LogP contribution is 2.22. The van der Waals surface area contributed by atoms with Crippen molar-refractivity contribution in [2.45, 2.75) is 20.4 Å². The Morgan fingerprint density at radius 2 is 1.77 bits per heavy atom. The van der Waals surface area contributed by atoms with Crippen molar-refractivity contribution in [2.24, 2.45) is 12.1 Å². The van der Waals surface area contributed by atoms with Gasteiger partial charge in [-0.2, -0.15) is 5.10 Å². The van der Waals surface area contributed by atoms with Crippen molar-refractivity contribution < 1.29 is 4.79 Å². The number of rotatable bonds is 5. The van der Waals surface area contributed by atoms with E-state index in [2.05, 4.69) is 15.1 Å². The van der Waals surface area contributed by atoms with E-state index in [1.165, 1.54) is 10.6 Å². The first-order chi connectivity index (χ1) is 15.0. The molecule has 0 radical (unpaired) electrons. The average molecular weight is 412 g/mol. The second kappa shape index (κ2) is 8.44. The lowest BCUT2D eigenvalue weighted by Gasteiger charge is -2.08. The minimum absolute atomic E-state index is 0.0569. The molecule has 4 rings (SSSR count). The lowest BCUT2D eigenvalue weighted by molar-refractivity contribution is 0.0953. The van der Waals surface area contributed by atoms with Crippen LogP contribution in [0.25, 0.3) is 10.9 Å². The van der Waals surface area contributed by atoms with Gasteiger partial charge in [0.15, 0.2) is 0 Å². The molecule has 0 aliphatic rings. The zero-order chi connectivity index (χ0) is 22.0. The number of carbonyl (C=O) groups excluding carboxylic acids is 1. The highest BCUT2D eigenvalue weighted by molar-refractivity contribution is 6.02. The molecule has 0 atom stereocenters. The average Bonchev–Trinajstić information content (AvgIpc) is 3.01. The minimum Gasteiger partial charge on any atom is -0.347 e. The molecule has 0 aliphatic carbocycles. The number of carbonyl (C=O) groups is 1. The summed E-state index contributed by atoms with van der Waals surface area (Å²) in [5, 5.41) is 5.18. The van der Waals surface area contributed by atoms with Gasteiger partial charge < -0.3 is 9.13 Å². The summed E-state index contributed by atoms with van der Waals surface area (Å²) in [5.74, 6) is -0.530. The van der Waals surface area contributed by atoms with Gasteiger partial charge in [0.2, 0.25) is 0 Å². The zero-order valence-corrected chi connectivity index (χ0v) is 17.8. The highest BCUT2D eigenvalue weighted by atomic mass is 16.2. The third-order valence-corrected chi connectivity index (χ3v) is 5.55. The van der Waals surface area contributed by atoms with Crippen molar-refractivity contribution in [3.63, 3.8) is 0 Å². The number of hydrazone groups is 1. The van der Waals surface area contributed by atoms with E-state index < -0.39 is 5.91 Å². The molecule has 0 fully saturated rings. The summed E-state index contributed by atoms with van der Waals surface area (Å²) in [7, 11) is 1.99. The number of aryl methyl sites for hydroxylation is 2. The quantitative estimate of drug-likeness (QED) is 0.400.